The lowest BCUT2D eigenvalue weighted by molar-refractivity contribution is -0.147. The van der Waals surface area contributed by atoms with Crippen LogP contribution in [0.15, 0.2) is 29.2 Å². The fourth-order valence-corrected chi connectivity index (χ4v) is 4.52. The maximum Gasteiger partial charge on any atom is 0.308 e. The molecule has 2 amide bonds. The van der Waals surface area contributed by atoms with E-state index in [2.05, 4.69) is 10.3 Å². The molecule has 156 valence electrons. The van der Waals surface area contributed by atoms with E-state index in [0.717, 1.165) is 16.9 Å². The monoisotopic (exact) mass is 428 g/mol. The number of fused-ring (bicyclic) bond motifs is 2. The van der Waals surface area contributed by atoms with Gasteiger partial charge in [-0.15, -0.1) is 11.3 Å². The van der Waals surface area contributed by atoms with Crippen molar-refractivity contribution in [2.75, 3.05) is 19.7 Å². The summed E-state index contributed by atoms with van der Waals surface area (Å²) < 4.78 is 6.39. The Morgan fingerprint density at radius 2 is 2.17 bits per heavy atom. The molecule has 1 aliphatic heterocycles. The van der Waals surface area contributed by atoms with Gasteiger partial charge in [-0.1, -0.05) is 6.07 Å². The molecule has 1 fully saturated rings. The van der Waals surface area contributed by atoms with Crippen LogP contribution >= 0.6 is 11.3 Å². The number of rotatable bonds is 4. The van der Waals surface area contributed by atoms with Crippen LogP contribution in [0.5, 0.6) is 0 Å². The molecule has 0 spiro atoms. The minimum absolute atomic E-state index is 0.194. The topological polar surface area (TPSA) is 110 Å². The van der Waals surface area contributed by atoms with Gasteiger partial charge < -0.3 is 15.0 Å². The number of nitrogens with zero attached hydrogens (tertiary/aromatic N) is 3. The quantitative estimate of drug-likeness (QED) is 0.624. The highest BCUT2D eigenvalue weighted by Crippen LogP contribution is 2.25. The maximum atomic E-state index is 13.2. The lowest BCUT2D eigenvalue weighted by atomic mass is 10.1. The number of hydrogen-bond donors (Lipinski definition) is 1. The van der Waals surface area contributed by atoms with E-state index in [-0.39, 0.29) is 25.1 Å². The Balaban J connectivity index is 1.72. The molecular weight excluding hydrogens is 408 g/mol. The molecule has 1 atom stereocenters. The molecule has 1 saturated heterocycles. The number of piperazine rings is 1. The van der Waals surface area contributed by atoms with Gasteiger partial charge in [-0.25, -0.2) is 4.98 Å². The largest absolute Gasteiger partial charge is 0.466 e. The van der Waals surface area contributed by atoms with Crippen LogP contribution in [0.3, 0.4) is 0 Å². The Bertz CT molecular complexity index is 1230. The zero-order valence-electron chi connectivity index (χ0n) is 16.5. The van der Waals surface area contributed by atoms with E-state index in [0.29, 0.717) is 27.3 Å². The Kier molecular flexibility index (Phi) is 5.25. The summed E-state index contributed by atoms with van der Waals surface area (Å²) in [6, 6.07) is 4.19. The van der Waals surface area contributed by atoms with Gasteiger partial charge in [0.05, 0.1) is 23.3 Å². The summed E-state index contributed by atoms with van der Waals surface area (Å²) in [6.07, 6.45) is 1.42. The van der Waals surface area contributed by atoms with Gasteiger partial charge in [0.15, 0.2) is 0 Å². The second-order valence-corrected chi connectivity index (χ2v) is 7.98. The molecule has 0 aliphatic carbocycles. The van der Waals surface area contributed by atoms with Crippen LogP contribution < -0.4 is 10.9 Å². The van der Waals surface area contributed by atoms with Crippen molar-refractivity contribution in [3.63, 3.8) is 0 Å². The van der Waals surface area contributed by atoms with Gasteiger partial charge in [0.25, 0.3) is 11.5 Å². The fraction of sp³-hybridized carbons (Fsp3) is 0.350. The normalized spacial score (nSPS) is 16.7. The van der Waals surface area contributed by atoms with Crippen molar-refractivity contribution in [2.24, 2.45) is 0 Å². The third kappa shape index (κ3) is 3.43. The number of hydrogen-bond acceptors (Lipinski definition) is 7. The molecule has 0 aromatic carbocycles. The van der Waals surface area contributed by atoms with Crippen molar-refractivity contribution in [1.29, 1.82) is 0 Å². The van der Waals surface area contributed by atoms with E-state index in [4.69, 9.17) is 4.74 Å². The highest BCUT2D eigenvalue weighted by molar-refractivity contribution is 7.20. The summed E-state index contributed by atoms with van der Waals surface area (Å²) in [4.78, 5) is 57.0. The van der Waals surface area contributed by atoms with Gasteiger partial charge in [-0.2, -0.15) is 0 Å². The summed E-state index contributed by atoms with van der Waals surface area (Å²) in [5.41, 5.74) is 1.13. The zero-order valence-corrected chi connectivity index (χ0v) is 17.3. The first-order chi connectivity index (χ1) is 14.4. The van der Waals surface area contributed by atoms with E-state index in [1.807, 2.05) is 13.0 Å². The van der Waals surface area contributed by atoms with Gasteiger partial charge in [0, 0.05) is 19.3 Å². The van der Waals surface area contributed by atoms with Crippen LogP contribution in [-0.4, -0.2) is 57.8 Å². The molecule has 9 nitrogen and oxygen atoms in total. The van der Waals surface area contributed by atoms with Crippen molar-refractivity contribution < 1.29 is 19.1 Å². The van der Waals surface area contributed by atoms with Crippen LogP contribution in [0.25, 0.3) is 15.9 Å². The summed E-state index contributed by atoms with van der Waals surface area (Å²) in [5, 5.41) is 3.02. The second-order valence-electron chi connectivity index (χ2n) is 6.95. The van der Waals surface area contributed by atoms with E-state index < -0.39 is 23.8 Å². The Morgan fingerprint density at radius 3 is 2.93 bits per heavy atom. The molecule has 10 heteroatoms. The standard InChI is InChI=1S/C20H20N4O5S/c1-3-29-15(25)10-13-17(26)21-6-8-23(13)20(28)14-9-12-18(30-14)22-16-11(2)5-4-7-24(16)19(12)27/h4-5,7,9,13H,3,6,8,10H2,1-2H3,(H,21,26)/t13-/m1/s1. The molecule has 1 aliphatic rings. The number of ether oxygens (including phenoxy) is 1. The number of aromatic nitrogens is 2. The lowest BCUT2D eigenvalue weighted by Crippen LogP contribution is -2.57. The highest BCUT2D eigenvalue weighted by Gasteiger charge is 2.36. The van der Waals surface area contributed by atoms with Crippen molar-refractivity contribution >= 4 is 45.0 Å². The van der Waals surface area contributed by atoms with Gasteiger partial charge in [0.1, 0.15) is 16.5 Å². The Labute approximate surface area is 175 Å². The number of esters is 1. The molecule has 0 saturated carbocycles. The maximum absolute atomic E-state index is 13.2. The van der Waals surface area contributed by atoms with E-state index in [1.54, 1.807) is 19.2 Å². The highest BCUT2D eigenvalue weighted by atomic mass is 32.1. The Morgan fingerprint density at radius 1 is 1.37 bits per heavy atom. The van der Waals surface area contributed by atoms with Gasteiger partial charge in [-0.3, -0.25) is 23.6 Å². The minimum Gasteiger partial charge on any atom is -0.466 e. The van der Waals surface area contributed by atoms with Crippen molar-refractivity contribution in [3.8, 4) is 0 Å². The molecule has 30 heavy (non-hydrogen) atoms. The van der Waals surface area contributed by atoms with E-state index >= 15 is 0 Å². The lowest BCUT2D eigenvalue weighted by Gasteiger charge is -2.34. The molecule has 1 N–H and O–H groups in total. The van der Waals surface area contributed by atoms with E-state index in [1.165, 1.54) is 15.4 Å². The molecule has 4 rings (SSSR count). The first kappa shape index (κ1) is 20.0. The average Bonchev–Trinajstić information content (AvgIpc) is 3.15. The predicted molar refractivity (Wildman–Crippen MR) is 111 cm³/mol. The van der Waals surface area contributed by atoms with Crippen LogP contribution in [-0.2, 0) is 14.3 Å². The number of pyridine rings is 1. The summed E-state index contributed by atoms with van der Waals surface area (Å²) in [5.74, 6) is -1.36. The summed E-state index contributed by atoms with van der Waals surface area (Å²) in [7, 11) is 0. The zero-order chi connectivity index (χ0) is 21.4. The van der Waals surface area contributed by atoms with Crippen molar-refractivity contribution in [3.05, 3.63) is 45.2 Å². The molecule has 4 heterocycles. The average molecular weight is 428 g/mol. The van der Waals surface area contributed by atoms with E-state index in [9.17, 15) is 19.2 Å². The number of carbonyl (C=O) groups is 3. The minimum atomic E-state index is -0.953. The number of carbonyl (C=O) groups excluding carboxylic acids is 3. The smallest absolute Gasteiger partial charge is 0.308 e. The first-order valence-electron chi connectivity index (χ1n) is 9.56. The number of nitrogens with one attached hydrogen (secondary N) is 1. The molecule has 0 unspecified atom stereocenters. The Hall–Kier alpha value is -3.27. The third-order valence-electron chi connectivity index (χ3n) is 5.00. The van der Waals surface area contributed by atoms with Crippen LogP contribution in [0.2, 0.25) is 0 Å². The van der Waals surface area contributed by atoms with Gasteiger partial charge in [0.2, 0.25) is 5.91 Å². The molecular formula is C20H20N4O5S. The summed E-state index contributed by atoms with van der Waals surface area (Å²) in [6.45, 7) is 4.28. The number of amides is 2. The van der Waals surface area contributed by atoms with Crippen LogP contribution in [0, 0.1) is 6.92 Å². The van der Waals surface area contributed by atoms with Gasteiger partial charge in [-0.05, 0) is 31.5 Å². The summed E-state index contributed by atoms with van der Waals surface area (Å²) >= 11 is 1.11. The van der Waals surface area contributed by atoms with Crippen LogP contribution in [0.1, 0.15) is 28.6 Å². The van der Waals surface area contributed by atoms with Gasteiger partial charge >= 0.3 is 5.97 Å². The third-order valence-corrected chi connectivity index (χ3v) is 6.02. The molecule has 3 aromatic rings. The second kappa shape index (κ2) is 7.86. The number of thiophene rings is 1. The first-order valence-corrected chi connectivity index (χ1v) is 10.4. The predicted octanol–water partition coefficient (Wildman–Crippen LogP) is 1.11. The van der Waals surface area contributed by atoms with Crippen molar-refractivity contribution in [2.45, 2.75) is 26.3 Å². The van der Waals surface area contributed by atoms with Crippen molar-refractivity contribution in [1.82, 2.24) is 19.6 Å². The molecule has 3 aromatic heterocycles. The SMILES string of the molecule is CCOC(=O)C[C@@H]1C(=O)NCCN1C(=O)c1cc2c(=O)n3cccc(C)c3nc2s1. The number of aryl methyl sites for hydroxylation is 1. The molecule has 0 radical (unpaired) electrons. The molecule has 0 bridgehead atoms. The fourth-order valence-electron chi connectivity index (χ4n) is 3.54. The van der Waals surface area contributed by atoms with Crippen LogP contribution in [0.4, 0.5) is 0 Å².